The highest BCUT2D eigenvalue weighted by atomic mass is 79.9. The second-order valence-corrected chi connectivity index (χ2v) is 4.39. The second kappa shape index (κ2) is 4.67. The zero-order chi connectivity index (χ0) is 11.5. The Balaban J connectivity index is 2.24. The van der Waals surface area contributed by atoms with Gasteiger partial charge in [0.05, 0.1) is 18.7 Å². The smallest absolute Gasteiger partial charge is 0.272 e. The SMILES string of the molecule is O=c1c(CO)c[nH]n1Cc1ccc(Br)cc1. The van der Waals surface area contributed by atoms with Crippen molar-refractivity contribution < 1.29 is 5.11 Å². The lowest BCUT2D eigenvalue weighted by Crippen LogP contribution is -2.19. The lowest BCUT2D eigenvalue weighted by molar-refractivity contribution is 0.280. The Hall–Kier alpha value is -1.33. The largest absolute Gasteiger partial charge is 0.391 e. The maximum atomic E-state index is 11.6. The average molecular weight is 283 g/mol. The normalized spacial score (nSPS) is 10.6. The van der Waals surface area contributed by atoms with E-state index in [1.165, 1.54) is 10.9 Å². The minimum Gasteiger partial charge on any atom is -0.391 e. The van der Waals surface area contributed by atoms with Crippen molar-refractivity contribution in [3.05, 3.63) is 56.4 Å². The number of halogens is 1. The summed E-state index contributed by atoms with van der Waals surface area (Å²) in [7, 11) is 0. The van der Waals surface area contributed by atoms with Crippen LogP contribution in [0.3, 0.4) is 0 Å². The third-order valence-corrected chi connectivity index (χ3v) is 2.87. The molecule has 0 bridgehead atoms. The van der Waals surface area contributed by atoms with Crippen molar-refractivity contribution in [3.8, 4) is 0 Å². The van der Waals surface area contributed by atoms with Crippen molar-refractivity contribution >= 4 is 15.9 Å². The third-order valence-electron chi connectivity index (χ3n) is 2.34. The summed E-state index contributed by atoms with van der Waals surface area (Å²) in [6.45, 7) is 0.245. The van der Waals surface area contributed by atoms with Crippen LogP contribution in [-0.4, -0.2) is 14.9 Å². The van der Waals surface area contributed by atoms with Gasteiger partial charge in [0.25, 0.3) is 5.56 Å². The molecular formula is C11H11BrN2O2. The van der Waals surface area contributed by atoms with Crippen LogP contribution in [-0.2, 0) is 13.2 Å². The van der Waals surface area contributed by atoms with Crippen molar-refractivity contribution in [2.24, 2.45) is 0 Å². The molecular weight excluding hydrogens is 272 g/mol. The summed E-state index contributed by atoms with van der Waals surface area (Å²) in [5.41, 5.74) is 1.24. The Morgan fingerprint density at radius 1 is 1.31 bits per heavy atom. The molecule has 2 rings (SSSR count). The van der Waals surface area contributed by atoms with Gasteiger partial charge in [-0.1, -0.05) is 28.1 Å². The number of aromatic amines is 1. The van der Waals surface area contributed by atoms with E-state index in [1.54, 1.807) is 0 Å². The van der Waals surface area contributed by atoms with Gasteiger partial charge >= 0.3 is 0 Å². The molecule has 0 spiro atoms. The van der Waals surface area contributed by atoms with E-state index in [4.69, 9.17) is 5.11 Å². The van der Waals surface area contributed by atoms with Crippen LogP contribution in [0.15, 0.2) is 39.7 Å². The molecule has 1 aromatic carbocycles. The number of hydrogen-bond donors (Lipinski definition) is 2. The lowest BCUT2D eigenvalue weighted by Gasteiger charge is -2.01. The number of nitrogens with zero attached hydrogens (tertiary/aromatic N) is 1. The molecule has 0 radical (unpaired) electrons. The van der Waals surface area contributed by atoms with E-state index < -0.39 is 0 Å². The van der Waals surface area contributed by atoms with Gasteiger partial charge in [-0.15, -0.1) is 0 Å². The number of aromatic nitrogens is 2. The zero-order valence-corrected chi connectivity index (χ0v) is 10.1. The summed E-state index contributed by atoms with van der Waals surface area (Å²) < 4.78 is 2.47. The van der Waals surface area contributed by atoms with Gasteiger partial charge in [0.1, 0.15) is 0 Å². The maximum absolute atomic E-state index is 11.6. The molecule has 84 valence electrons. The minimum atomic E-state index is -0.233. The van der Waals surface area contributed by atoms with Crippen LogP contribution in [0, 0.1) is 0 Å². The second-order valence-electron chi connectivity index (χ2n) is 3.47. The topological polar surface area (TPSA) is 58.0 Å². The molecule has 0 saturated carbocycles. The third kappa shape index (κ3) is 2.25. The van der Waals surface area contributed by atoms with Gasteiger partial charge in [0, 0.05) is 10.7 Å². The molecule has 16 heavy (non-hydrogen) atoms. The monoisotopic (exact) mass is 282 g/mol. The average Bonchev–Trinajstić information content (AvgIpc) is 2.63. The fourth-order valence-corrected chi connectivity index (χ4v) is 1.72. The van der Waals surface area contributed by atoms with Crippen LogP contribution in [0.1, 0.15) is 11.1 Å². The van der Waals surface area contributed by atoms with Crippen molar-refractivity contribution in [2.45, 2.75) is 13.2 Å². The van der Waals surface area contributed by atoms with Gasteiger partial charge in [0.2, 0.25) is 0 Å². The van der Waals surface area contributed by atoms with Crippen molar-refractivity contribution in [1.82, 2.24) is 9.78 Å². The molecule has 1 heterocycles. The summed E-state index contributed by atoms with van der Waals surface area (Å²) in [6, 6.07) is 7.73. The molecule has 0 unspecified atom stereocenters. The Morgan fingerprint density at radius 2 is 2.00 bits per heavy atom. The highest BCUT2D eigenvalue weighted by molar-refractivity contribution is 9.10. The molecule has 0 amide bonds. The van der Waals surface area contributed by atoms with E-state index in [2.05, 4.69) is 21.0 Å². The van der Waals surface area contributed by atoms with E-state index in [-0.39, 0.29) is 12.2 Å². The number of aliphatic hydroxyl groups is 1. The first-order chi connectivity index (χ1) is 7.70. The first-order valence-electron chi connectivity index (χ1n) is 4.83. The van der Waals surface area contributed by atoms with Crippen molar-refractivity contribution in [1.29, 1.82) is 0 Å². The number of hydrogen-bond acceptors (Lipinski definition) is 2. The first kappa shape index (κ1) is 11.2. The predicted molar refractivity (Wildman–Crippen MR) is 64.2 cm³/mol. The first-order valence-corrected chi connectivity index (χ1v) is 5.62. The van der Waals surface area contributed by atoms with Gasteiger partial charge in [-0.05, 0) is 17.7 Å². The molecule has 0 fully saturated rings. The number of nitrogens with one attached hydrogen (secondary N) is 1. The van der Waals surface area contributed by atoms with E-state index in [9.17, 15) is 4.79 Å². The molecule has 1 aromatic heterocycles. The summed E-state index contributed by atoms with van der Waals surface area (Å²) in [4.78, 5) is 11.6. The Kier molecular flexibility index (Phi) is 3.26. The fraction of sp³-hybridized carbons (Fsp3) is 0.182. The standard InChI is InChI=1S/C11H11BrN2O2/c12-10-3-1-8(2-4-10)6-14-11(16)9(7-15)5-13-14/h1-5,13,15H,6-7H2. The summed E-state index contributed by atoms with van der Waals surface area (Å²) >= 11 is 3.35. The van der Waals surface area contributed by atoms with Crippen molar-refractivity contribution in [2.75, 3.05) is 0 Å². The van der Waals surface area contributed by atoms with Crippen LogP contribution >= 0.6 is 15.9 Å². The highest BCUT2D eigenvalue weighted by Crippen LogP contribution is 2.10. The minimum absolute atomic E-state index is 0.176. The zero-order valence-electron chi connectivity index (χ0n) is 8.48. The molecule has 2 N–H and O–H groups in total. The quantitative estimate of drug-likeness (QED) is 0.896. The Labute approximate surface area is 101 Å². The Morgan fingerprint density at radius 3 is 2.56 bits per heavy atom. The summed E-state index contributed by atoms with van der Waals surface area (Å²) in [5.74, 6) is 0. The van der Waals surface area contributed by atoms with Gasteiger partial charge in [-0.2, -0.15) is 0 Å². The summed E-state index contributed by atoms with van der Waals surface area (Å²) in [5, 5.41) is 11.7. The van der Waals surface area contributed by atoms with Gasteiger partial charge in [0.15, 0.2) is 0 Å². The van der Waals surface area contributed by atoms with E-state index >= 15 is 0 Å². The van der Waals surface area contributed by atoms with E-state index in [0.717, 1.165) is 10.0 Å². The molecule has 0 saturated heterocycles. The fourth-order valence-electron chi connectivity index (χ4n) is 1.45. The van der Waals surface area contributed by atoms with E-state index in [1.807, 2.05) is 24.3 Å². The number of aliphatic hydroxyl groups excluding tert-OH is 1. The molecule has 0 aliphatic heterocycles. The van der Waals surface area contributed by atoms with Gasteiger partial charge in [-0.3, -0.25) is 4.79 Å². The molecule has 2 aromatic rings. The maximum Gasteiger partial charge on any atom is 0.272 e. The Bertz CT molecular complexity index is 528. The van der Waals surface area contributed by atoms with E-state index in [0.29, 0.717) is 12.1 Å². The van der Waals surface area contributed by atoms with Crippen LogP contribution in [0.5, 0.6) is 0 Å². The number of rotatable bonds is 3. The van der Waals surface area contributed by atoms with Crippen molar-refractivity contribution in [3.63, 3.8) is 0 Å². The van der Waals surface area contributed by atoms with Gasteiger partial charge in [-0.25, -0.2) is 4.68 Å². The van der Waals surface area contributed by atoms with Crippen LogP contribution in [0.4, 0.5) is 0 Å². The summed E-state index contributed by atoms with van der Waals surface area (Å²) in [6.07, 6.45) is 1.53. The highest BCUT2D eigenvalue weighted by Gasteiger charge is 2.04. The predicted octanol–water partition coefficient (Wildman–Crippen LogP) is 1.48. The molecule has 0 aliphatic rings. The van der Waals surface area contributed by atoms with Gasteiger partial charge < -0.3 is 10.2 Å². The van der Waals surface area contributed by atoms with Crippen LogP contribution < -0.4 is 5.56 Å². The number of benzene rings is 1. The lowest BCUT2D eigenvalue weighted by atomic mass is 10.2. The number of H-pyrrole nitrogens is 1. The molecule has 4 nitrogen and oxygen atoms in total. The molecule has 5 heteroatoms. The molecule has 0 atom stereocenters. The van der Waals surface area contributed by atoms with Crippen LogP contribution in [0.25, 0.3) is 0 Å². The van der Waals surface area contributed by atoms with Crippen LogP contribution in [0.2, 0.25) is 0 Å². The molecule has 0 aliphatic carbocycles.